The summed E-state index contributed by atoms with van der Waals surface area (Å²) >= 11 is 0. The first-order valence-corrected chi connectivity index (χ1v) is 5.35. The van der Waals surface area contributed by atoms with Crippen molar-refractivity contribution in [3.8, 4) is 0 Å². The number of likely N-dealkylation sites (tertiary alicyclic amines) is 1. The van der Waals surface area contributed by atoms with Crippen LogP contribution in [0.1, 0.15) is 13.3 Å². The van der Waals surface area contributed by atoms with Gasteiger partial charge < -0.3 is 20.1 Å². The van der Waals surface area contributed by atoms with E-state index in [2.05, 4.69) is 0 Å². The van der Waals surface area contributed by atoms with E-state index in [1.165, 1.54) is 0 Å². The summed E-state index contributed by atoms with van der Waals surface area (Å²) in [4.78, 5) is 13.4. The lowest BCUT2D eigenvalue weighted by molar-refractivity contribution is -0.130. The number of rotatable bonds is 5. The quantitative estimate of drug-likeness (QED) is 0.679. The smallest absolute Gasteiger partial charge is 0.224 e. The molecule has 1 fully saturated rings. The van der Waals surface area contributed by atoms with E-state index in [0.29, 0.717) is 32.7 Å². The predicted molar refractivity (Wildman–Crippen MR) is 56.5 cm³/mol. The van der Waals surface area contributed by atoms with Gasteiger partial charge >= 0.3 is 0 Å². The second-order valence-corrected chi connectivity index (χ2v) is 3.61. The van der Waals surface area contributed by atoms with Crippen molar-refractivity contribution < 1.29 is 14.3 Å². The van der Waals surface area contributed by atoms with Gasteiger partial charge in [0.15, 0.2) is 0 Å². The second-order valence-electron chi connectivity index (χ2n) is 3.61. The molecule has 1 amide bonds. The fourth-order valence-electron chi connectivity index (χ4n) is 1.83. The summed E-state index contributed by atoms with van der Waals surface area (Å²) in [5.41, 5.74) is 5.35. The summed E-state index contributed by atoms with van der Waals surface area (Å²) in [7, 11) is 1.65. The Kier molecular flexibility index (Phi) is 5.01. The van der Waals surface area contributed by atoms with Crippen LogP contribution in [0.15, 0.2) is 0 Å². The maximum atomic E-state index is 11.6. The van der Waals surface area contributed by atoms with Crippen molar-refractivity contribution in [1.82, 2.24) is 4.90 Å². The molecule has 2 N–H and O–H groups in total. The Hall–Kier alpha value is -0.650. The van der Waals surface area contributed by atoms with E-state index in [1.807, 2.05) is 6.92 Å². The number of amides is 1. The molecule has 1 rings (SSSR count). The summed E-state index contributed by atoms with van der Waals surface area (Å²) in [6, 6.07) is 0. The number of hydrogen-bond donors (Lipinski definition) is 1. The van der Waals surface area contributed by atoms with Crippen LogP contribution >= 0.6 is 0 Å². The first kappa shape index (κ1) is 12.4. The number of nitrogens with two attached hydrogens (primary N) is 1. The lowest BCUT2D eigenvalue weighted by atomic mass is 10.2. The average molecular weight is 216 g/mol. The molecule has 0 aliphatic carbocycles. The van der Waals surface area contributed by atoms with Gasteiger partial charge in [0.05, 0.1) is 0 Å². The number of carbonyl (C=O) groups is 1. The Bertz CT molecular complexity index is 211. The summed E-state index contributed by atoms with van der Waals surface area (Å²) < 4.78 is 10.8. The summed E-state index contributed by atoms with van der Waals surface area (Å²) in [6.45, 7) is 4.21. The molecule has 2 atom stereocenters. The van der Waals surface area contributed by atoms with Gasteiger partial charge in [-0.2, -0.15) is 0 Å². The van der Waals surface area contributed by atoms with Crippen LogP contribution in [-0.4, -0.2) is 56.4 Å². The lowest BCUT2D eigenvalue weighted by Crippen LogP contribution is -2.31. The molecule has 0 aromatic rings. The third-order valence-electron chi connectivity index (χ3n) is 2.61. The van der Waals surface area contributed by atoms with Gasteiger partial charge in [-0.3, -0.25) is 4.79 Å². The van der Waals surface area contributed by atoms with Crippen LogP contribution in [0.3, 0.4) is 0 Å². The van der Waals surface area contributed by atoms with Crippen LogP contribution in [0.5, 0.6) is 0 Å². The second kappa shape index (κ2) is 6.05. The van der Waals surface area contributed by atoms with E-state index < -0.39 is 0 Å². The molecule has 0 bridgehead atoms. The van der Waals surface area contributed by atoms with E-state index >= 15 is 0 Å². The molecule has 1 saturated heterocycles. The van der Waals surface area contributed by atoms with Crippen LogP contribution in [-0.2, 0) is 14.3 Å². The minimum absolute atomic E-state index is 0.00160. The highest BCUT2D eigenvalue weighted by molar-refractivity contribution is 5.76. The Morgan fingerprint density at radius 3 is 2.67 bits per heavy atom. The molecule has 0 saturated carbocycles. The third-order valence-corrected chi connectivity index (χ3v) is 2.61. The molecule has 5 nitrogen and oxygen atoms in total. The monoisotopic (exact) mass is 216 g/mol. The van der Waals surface area contributed by atoms with Gasteiger partial charge in [-0.15, -0.1) is 0 Å². The highest BCUT2D eigenvalue weighted by Crippen LogP contribution is 2.16. The normalized spacial score (nSPS) is 25.9. The highest BCUT2D eigenvalue weighted by Gasteiger charge is 2.35. The van der Waals surface area contributed by atoms with Crippen molar-refractivity contribution in [3.63, 3.8) is 0 Å². The zero-order valence-corrected chi connectivity index (χ0v) is 9.44. The number of hydrogen-bond acceptors (Lipinski definition) is 4. The molecule has 88 valence electrons. The summed E-state index contributed by atoms with van der Waals surface area (Å²) in [6.07, 6.45) is 0.392. The van der Waals surface area contributed by atoms with E-state index in [1.54, 1.807) is 12.0 Å². The average Bonchev–Trinajstić information content (AvgIpc) is 2.62. The number of carbonyl (C=O) groups excluding carboxylic acids is 1. The van der Waals surface area contributed by atoms with Gasteiger partial charge in [0.2, 0.25) is 5.91 Å². The molecular formula is C10H20N2O3. The van der Waals surface area contributed by atoms with Crippen molar-refractivity contribution in [2.24, 2.45) is 5.73 Å². The summed E-state index contributed by atoms with van der Waals surface area (Å²) in [5, 5.41) is 0. The molecule has 1 heterocycles. The zero-order valence-electron chi connectivity index (χ0n) is 9.44. The van der Waals surface area contributed by atoms with Gasteiger partial charge in [-0.05, 0) is 6.92 Å². The van der Waals surface area contributed by atoms with E-state index in [0.717, 1.165) is 0 Å². The minimum atomic E-state index is -0.00771. The predicted octanol–water partition coefficient (Wildman–Crippen LogP) is -0.402. The Morgan fingerprint density at radius 2 is 2.13 bits per heavy atom. The number of ether oxygens (including phenoxy) is 2. The van der Waals surface area contributed by atoms with E-state index in [9.17, 15) is 4.79 Å². The van der Waals surface area contributed by atoms with Gasteiger partial charge in [0.25, 0.3) is 0 Å². The van der Waals surface area contributed by atoms with Gasteiger partial charge in [-0.1, -0.05) is 0 Å². The van der Waals surface area contributed by atoms with Gasteiger partial charge in [0, 0.05) is 39.8 Å². The molecular weight excluding hydrogens is 196 g/mol. The van der Waals surface area contributed by atoms with Crippen molar-refractivity contribution >= 4 is 5.91 Å². The largest absolute Gasteiger partial charge is 0.377 e. The topological polar surface area (TPSA) is 64.8 Å². The van der Waals surface area contributed by atoms with Crippen molar-refractivity contribution in [3.05, 3.63) is 0 Å². The van der Waals surface area contributed by atoms with Gasteiger partial charge in [0.1, 0.15) is 12.2 Å². The van der Waals surface area contributed by atoms with Crippen LogP contribution in [0.25, 0.3) is 0 Å². The SMILES string of the molecule is CCO[C@H]1CN(C(=O)CCN)C[C@H]1OC. The Balaban J connectivity index is 2.48. The fourth-order valence-corrected chi connectivity index (χ4v) is 1.83. The van der Waals surface area contributed by atoms with Crippen molar-refractivity contribution in [2.75, 3.05) is 33.4 Å². The van der Waals surface area contributed by atoms with Gasteiger partial charge in [-0.25, -0.2) is 0 Å². The third kappa shape index (κ3) is 3.15. The van der Waals surface area contributed by atoms with Crippen molar-refractivity contribution in [1.29, 1.82) is 0 Å². The molecule has 0 unspecified atom stereocenters. The van der Waals surface area contributed by atoms with Crippen molar-refractivity contribution in [2.45, 2.75) is 25.6 Å². The minimum Gasteiger partial charge on any atom is -0.377 e. The molecule has 0 aromatic carbocycles. The molecule has 5 heteroatoms. The molecule has 1 aliphatic heterocycles. The maximum Gasteiger partial charge on any atom is 0.224 e. The molecule has 15 heavy (non-hydrogen) atoms. The zero-order chi connectivity index (χ0) is 11.3. The molecule has 1 aliphatic rings. The van der Waals surface area contributed by atoms with E-state index in [-0.39, 0.29) is 18.1 Å². The Labute approximate surface area is 90.5 Å². The first-order valence-electron chi connectivity index (χ1n) is 5.35. The highest BCUT2D eigenvalue weighted by atomic mass is 16.5. The first-order chi connectivity index (χ1) is 7.22. The lowest BCUT2D eigenvalue weighted by Gasteiger charge is -2.15. The van der Waals surface area contributed by atoms with E-state index in [4.69, 9.17) is 15.2 Å². The maximum absolute atomic E-state index is 11.6. The van der Waals surface area contributed by atoms with Crippen LogP contribution < -0.4 is 5.73 Å². The molecule has 0 aromatic heterocycles. The molecule has 0 spiro atoms. The summed E-state index contributed by atoms with van der Waals surface area (Å²) in [5.74, 6) is 0.0850. The number of nitrogens with zero attached hydrogens (tertiary/aromatic N) is 1. The Morgan fingerprint density at radius 1 is 1.47 bits per heavy atom. The number of methoxy groups -OCH3 is 1. The van der Waals surface area contributed by atoms with Crippen LogP contribution in [0.4, 0.5) is 0 Å². The fraction of sp³-hybridized carbons (Fsp3) is 0.900. The molecule has 0 radical (unpaired) electrons. The standard InChI is InChI=1S/C10H20N2O3/c1-3-15-9-7-12(6-8(9)14-2)10(13)4-5-11/h8-9H,3-7,11H2,1-2H3/t8-,9+/m1/s1. The van der Waals surface area contributed by atoms with Crippen LogP contribution in [0, 0.1) is 0 Å². The van der Waals surface area contributed by atoms with Crippen LogP contribution in [0.2, 0.25) is 0 Å².